The molecule has 1 aromatic rings. The molecule has 0 aliphatic rings. The van der Waals surface area contributed by atoms with Crippen molar-refractivity contribution in [2.45, 2.75) is 6.85 Å². The normalized spacial score (nSPS) is 14.2. The first-order chi connectivity index (χ1) is 6.82. The maximum atomic E-state index is 11.2. The highest BCUT2D eigenvalue weighted by Gasteiger charge is 2.02. The topological polar surface area (TPSA) is 54.4 Å². The van der Waals surface area contributed by atoms with Gasteiger partial charge in [-0.1, -0.05) is 12.1 Å². The number of carboxylic acids is 1. The van der Waals surface area contributed by atoms with E-state index in [2.05, 4.69) is 0 Å². The number of aromatic carboxylic acids is 1. The van der Waals surface area contributed by atoms with E-state index in [1.165, 1.54) is 24.3 Å². The summed E-state index contributed by atoms with van der Waals surface area (Å²) in [5.41, 5.74) is -0.00269. The smallest absolute Gasteiger partial charge is 0.335 e. The van der Waals surface area contributed by atoms with Crippen LogP contribution in [0.3, 0.4) is 0 Å². The van der Waals surface area contributed by atoms with Crippen LogP contribution in [0.4, 0.5) is 0 Å². The molecule has 0 saturated carbocycles. The molecule has 0 heterocycles. The molecule has 0 aromatic heterocycles. The Hall–Kier alpha value is -1.64. The van der Waals surface area contributed by atoms with Crippen molar-refractivity contribution in [3.05, 3.63) is 35.4 Å². The molecule has 0 atom stereocenters. The largest absolute Gasteiger partial charge is 0.478 e. The molecule has 0 spiro atoms. The van der Waals surface area contributed by atoms with Gasteiger partial charge >= 0.3 is 5.97 Å². The molecule has 0 bridgehead atoms. The molecule has 1 aromatic carbocycles. The molecule has 0 aliphatic carbocycles. The Morgan fingerprint density at radius 3 is 2.17 bits per heavy atom. The van der Waals surface area contributed by atoms with Crippen LogP contribution < -0.4 is 0 Å². The van der Waals surface area contributed by atoms with Gasteiger partial charge in [-0.3, -0.25) is 4.79 Å². The van der Waals surface area contributed by atoms with Crippen LogP contribution in [0.25, 0.3) is 0 Å². The van der Waals surface area contributed by atoms with Gasteiger partial charge in [0.05, 0.1) is 5.56 Å². The van der Waals surface area contributed by atoms with E-state index < -0.39 is 18.6 Å². The van der Waals surface area contributed by atoms with Gasteiger partial charge < -0.3 is 5.11 Å². The Kier molecular flexibility index (Phi) is 1.34. The summed E-state index contributed by atoms with van der Waals surface area (Å²) in [5.74, 6) is -2.11. The lowest BCUT2D eigenvalue weighted by Crippen LogP contribution is -1.97. The van der Waals surface area contributed by atoms with Gasteiger partial charge in [0.25, 0.3) is 0 Å². The highest BCUT2D eigenvalue weighted by Crippen LogP contribution is 2.04. The van der Waals surface area contributed by atoms with Crippen molar-refractivity contribution < 1.29 is 18.8 Å². The van der Waals surface area contributed by atoms with Gasteiger partial charge in [0, 0.05) is 9.68 Å². The summed E-state index contributed by atoms with van der Waals surface area (Å²) in [5, 5.41) is 8.58. The quantitative estimate of drug-likeness (QED) is 0.680. The zero-order valence-corrected chi connectivity index (χ0v) is 6.07. The Labute approximate surface area is 73.9 Å². The molecule has 3 nitrogen and oxygen atoms in total. The van der Waals surface area contributed by atoms with Crippen LogP contribution in [0.15, 0.2) is 24.3 Å². The fourth-order valence-electron chi connectivity index (χ4n) is 0.764. The molecule has 0 fully saturated rings. The second-order valence-corrected chi connectivity index (χ2v) is 2.21. The second-order valence-electron chi connectivity index (χ2n) is 2.21. The molecule has 1 rings (SSSR count). The van der Waals surface area contributed by atoms with E-state index in [0.29, 0.717) is 0 Å². The fraction of sp³-hybridized carbons (Fsp3) is 0.111. The Morgan fingerprint density at radius 2 is 1.75 bits per heavy atom. The third-order valence-corrected chi connectivity index (χ3v) is 1.39. The van der Waals surface area contributed by atoms with E-state index >= 15 is 0 Å². The summed E-state index contributed by atoms with van der Waals surface area (Å²) < 4.78 is 20.6. The van der Waals surface area contributed by atoms with Crippen LogP contribution in [0.1, 0.15) is 31.7 Å². The summed E-state index contributed by atoms with van der Waals surface area (Å²) in [6.45, 7) is -2.69. The maximum Gasteiger partial charge on any atom is 0.335 e. The third-order valence-electron chi connectivity index (χ3n) is 1.39. The predicted molar refractivity (Wildman–Crippen MR) is 43.4 cm³/mol. The van der Waals surface area contributed by atoms with Gasteiger partial charge in [0.2, 0.25) is 0 Å². The Balaban J connectivity index is 3.00. The molecule has 1 N–H and O–H groups in total. The minimum Gasteiger partial charge on any atom is -0.478 e. The summed E-state index contributed by atoms with van der Waals surface area (Å²) in [6, 6.07) is 4.78. The van der Waals surface area contributed by atoms with Crippen LogP contribution >= 0.6 is 0 Å². The minimum atomic E-state index is -2.69. The standard InChI is InChI=1S/C9H8O3/c1-6(10)7-2-4-8(5-3-7)9(11)12/h2-5H,1H3,(H,11,12)/i1D3. The maximum absolute atomic E-state index is 11.2. The lowest BCUT2D eigenvalue weighted by atomic mass is 10.1. The van der Waals surface area contributed by atoms with E-state index in [0.717, 1.165) is 0 Å². The summed E-state index contributed by atoms with van der Waals surface area (Å²) in [6.07, 6.45) is 0. The van der Waals surface area contributed by atoms with Crippen molar-refractivity contribution in [3.8, 4) is 0 Å². The summed E-state index contributed by atoms with van der Waals surface area (Å²) in [4.78, 5) is 21.7. The predicted octanol–water partition coefficient (Wildman–Crippen LogP) is 1.59. The van der Waals surface area contributed by atoms with Crippen molar-refractivity contribution in [1.82, 2.24) is 0 Å². The Bertz CT molecular complexity index is 392. The SMILES string of the molecule is [2H]C([2H])([2H])C(=O)c1ccc(C(=O)O)cc1. The van der Waals surface area contributed by atoms with E-state index in [1.807, 2.05) is 0 Å². The van der Waals surface area contributed by atoms with Crippen LogP contribution in [0.5, 0.6) is 0 Å². The van der Waals surface area contributed by atoms with Crippen molar-refractivity contribution in [1.29, 1.82) is 0 Å². The average molecular weight is 167 g/mol. The van der Waals surface area contributed by atoms with Crippen molar-refractivity contribution in [2.24, 2.45) is 0 Å². The zero-order chi connectivity index (χ0) is 11.6. The van der Waals surface area contributed by atoms with E-state index in [4.69, 9.17) is 9.22 Å². The number of benzene rings is 1. The molecule has 3 heteroatoms. The molecule has 0 saturated heterocycles. The molecule has 62 valence electrons. The lowest BCUT2D eigenvalue weighted by Gasteiger charge is -1.95. The monoisotopic (exact) mass is 167 g/mol. The van der Waals surface area contributed by atoms with Crippen molar-refractivity contribution in [2.75, 3.05) is 0 Å². The van der Waals surface area contributed by atoms with Gasteiger partial charge in [-0.15, -0.1) is 0 Å². The van der Waals surface area contributed by atoms with Gasteiger partial charge in [-0.05, 0) is 19.0 Å². The minimum absolute atomic E-state index is 0.0112. The zero-order valence-electron chi connectivity index (χ0n) is 9.07. The summed E-state index contributed by atoms with van der Waals surface area (Å²) >= 11 is 0. The first kappa shape index (κ1) is 5.09. The number of hydrogen-bond donors (Lipinski definition) is 1. The Morgan fingerprint density at radius 1 is 1.25 bits per heavy atom. The molecule has 12 heavy (non-hydrogen) atoms. The van der Waals surface area contributed by atoms with E-state index in [1.54, 1.807) is 0 Å². The molecule has 0 aliphatic heterocycles. The van der Waals surface area contributed by atoms with Crippen LogP contribution in [-0.4, -0.2) is 16.9 Å². The van der Waals surface area contributed by atoms with Crippen molar-refractivity contribution >= 4 is 11.8 Å². The van der Waals surface area contributed by atoms with Crippen LogP contribution in [0, 0.1) is 0 Å². The highest BCUT2D eigenvalue weighted by molar-refractivity contribution is 5.95. The van der Waals surface area contributed by atoms with Gasteiger partial charge in [-0.2, -0.15) is 0 Å². The van der Waals surface area contributed by atoms with Gasteiger partial charge in [-0.25, -0.2) is 4.79 Å². The first-order valence-corrected chi connectivity index (χ1v) is 3.20. The number of Topliss-reactive ketones (excluding diaryl/α,β-unsaturated/α-hetero) is 1. The van der Waals surface area contributed by atoms with E-state index in [-0.39, 0.29) is 11.1 Å². The molecular weight excluding hydrogens is 156 g/mol. The summed E-state index contributed by atoms with van der Waals surface area (Å²) in [7, 11) is 0. The number of ketones is 1. The molecule has 0 radical (unpaired) electrons. The number of carboxylic acid groups (broad SMARTS) is 1. The molecule has 0 unspecified atom stereocenters. The van der Waals surface area contributed by atoms with Gasteiger partial charge in [0.15, 0.2) is 5.78 Å². The van der Waals surface area contributed by atoms with Crippen LogP contribution in [-0.2, 0) is 0 Å². The first-order valence-electron chi connectivity index (χ1n) is 4.70. The number of hydrogen-bond acceptors (Lipinski definition) is 2. The fourth-order valence-corrected chi connectivity index (χ4v) is 0.764. The molecule has 0 amide bonds. The molecular formula is C9H8O3. The van der Waals surface area contributed by atoms with Crippen molar-refractivity contribution in [3.63, 3.8) is 0 Å². The number of carbonyl (C=O) groups is 2. The number of rotatable bonds is 2. The van der Waals surface area contributed by atoms with Crippen LogP contribution in [0.2, 0.25) is 0 Å². The highest BCUT2D eigenvalue weighted by atomic mass is 16.4. The van der Waals surface area contributed by atoms with Gasteiger partial charge in [0.1, 0.15) is 0 Å². The van der Waals surface area contributed by atoms with E-state index in [9.17, 15) is 9.59 Å². The lowest BCUT2D eigenvalue weighted by molar-refractivity contribution is 0.0696. The third kappa shape index (κ3) is 1.69. The number of carbonyl (C=O) groups excluding carboxylic acids is 1. The average Bonchev–Trinajstić information content (AvgIpc) is 2.15. The second kappa shape index (κ2) is 3.17.